The second kappa shape index (κ2) is 6.57. The molecular weight excluding hydrogens is 280 g/mol. The number of carbonyl (C=O) groups excluding carboxylic acids is 1. The molecular formula is C17H24N2O3. The van der Waals surface area contributed by atoms with Crippen molar-refractivity contribution in [2.45, 2.75) is 25.8 Å². The van der Waals surface area contributed by atoms with E-state index in [0.29, 0.717) is 18.9 Å². The van der Waals surface area contributed by atoms with Gasteiger partial charge in [0.15, 0.2) is 0 Å². The molecule has 3 atom stereocenters. The van der Waals surface area contributed by atoms with Crippen LogP contribution >= 0.6 is 0 Å². The number of piperidine rings is 1. The molecule has 0 aromatic heterocycles. The van der Waals surface area contributed by atoms with E-state index in [-0.39, 0.29) is 17.9 Å². The summed E-state index contributed by atoms with van der Waals surface area (Å²) in [5.41, 5.74) is 1.04. The molecule has 2 N–H and O–H groups in total. The molecule has 0 saturated carbocycles. The minimum atomic E-state index is -0.131. The Balaban J connectivity index is 1.64. The standard InChI is InChI=1S/C17H24N2O3/c1-11-5-6-18-9-15(11)19-17(20)13-7-12-8-14(21-2)3-4-16(12)22-10-13/h3-4,8,11,13,15,18H,5-7,9-10H2,1-2H3,(H,19,20). The van der Waals surface area contributed by atoms with Gasteiger partial charge in [0.25, 0.3) is 0 Å². The van der Waals surface area contributed by atoms with E-state index in [1.807, 2.05) is 18.2 Å². The smallest absolute Gasteiger partial charge is 0.227 e. The quantitative estimate of drug-likeness (QED) is 0.885. The number of benzene rings is 1. The van der Waals surface area contributed by atoms with Crippen LogP contribution in [0.1, 0.15) is 18.9 Å². The number of hydrogen-bond acceptors (Lipinski definition) is 4. The number of nitrogens with one attached hydrogen (secondary N) is 2. The van der Waals surface area contributed by atoms with Gasteiger partial charge in [-0.2, -0.15) is 0 Å². The van der Waals surface area contributed by atoms with Gasteiger partial charge in [0.2, 0.25) is 5.91 Å². The van der Waals surface area contributed by atoms with Crippen LogP contribution in [0.5, 0.6) is 11.5 Å². The zero-order valence-electron chi connectivity index (χ0n) is 13.2. The van der Waals surface area contributed by atoms with Crippen molar-refractivity contribution in [1.29, 1.82) is 0 Å². The minimum absolute atomic E-state index is 0.0917. The third kappa shape index (κ3) is 3.19. The molecule has 1 amide bonds. The molecule has 22 heavy (non-hydrogen) atoms. The molecule has 1 aromatic carbocycles. The third-order valence-corrected chi connectivity index (χ3v) is 4.70. The van der Waals surface area contributed by atoms with Crippen LogP contribution in [0.2, 0.25) is 0 Å². The molecule has 2 heterocycles. The fourth-order valence-corrected chi connectivity index (χ4v) is 3.15. The summed E-state index contributed by atoms with van der Waals surface area (Å²) in [6, 6.07) is 5.97. The van der Waals surface area contributed by atoms with Crippen molar-refractivity contribution in [2.24, 2.45) is 11.8 Å². The molecule has 2 aliphatic heterocycles. The molecule has 0 bridgehead atoms. The average molecular weight is 304 g/mol. The van der Waals surface area contributed by atoms with Gasteiger partial charge in [0.1, 0.15) is 18.1 Å². The maximum absolute atomic E-state index is 12.5. The maximum Gasteiger partial charge on any atom is 0.227 e. The molecule has 1 saturated heterocycles. The first-order valence-corrected chi connectivity index (χ1v) is 7.98. The Hall–Kier alpha value is -1.75. The van der Waals surface area contributed by atoms with Crippen LogP contribution in [0, 0.1) is 11.8 Å². The van der Waals surface area contributed by atoms with Crippen LogP contribution in [0.15, 0.2) is 18.2 Å². The number of ether oxygens (including phenoxy) is 2. The van der Waals surface area contributed by atoms with Gasteiger partial charge < -0.3 is 20.1 Å². The lowest BCUT2D eigenvalue weighted by molar-refractivity contribution is -0.127. The molecule has 5 nitrogen and oxygen atoms in total. The summed E-state index contributed by atoms with van der Waals surface area (Å²) in [6.45, 7) is 4.53. The molecule has 3 unspecified atom stereocenters. The van der Waals surface area contributed by atoms with Crippen LogP contribution in [0.25, 0.3) is 0 Å². The molecule has 3 rings (SSSR count). The van der Waals surface area contributed by atoms with Crippen LogP contribution in [0.4, 0.5) is 0 Å². The van der Waals surface area contributed by atoms with Gasteiger partial charge in [-0.1, -0.05) is 6.92 Å². The Morgan fingerprint density at radius 1 is 1.45 bits per heavy atom. The van der Waals surface area contributed by atoms with E-state index in [4.69, 9.17) is 9.47 Å². The summed E-state index contributed by atoms with van der Waals surface area (Å²) >= 11 is 0. The van der Waals surface area contributed by atoms with Crippen molar-refractivity contribution in [3.63, 3.8) is 0 Å². The zero-order valence-corrected chi connectivity index (χ0v) is 13.2. The predicted octanol–water partition coefficient (Wildman–Crippen LogP) is 1.36. The first-order valence-electron chi connectivity index (χ1n) is 7.98. The second-order valence-corrected chi connectivity index (χ2v) is 6.27. The fraction of sp³-hybridized carbons (Fsp3) is 0.588. The van der Waals surface area contributed by atoms with E-state index in [0.717, 1.165) is 36.6 Å². The molecule has 2 aliphatic rings. The second-order valence-electron chi connectivity index (χ2n) is 6.27. The normalized spacial score (nSPS) is 27.5. The summed E-state index contributed by atoms with van der Waals surface area (Å²) in [6.07, 6.45) is 1.80. The number of fused-ring (bicyclic) bond motifs is 1. The third-order valence-electron chi connectivity index (χ3n) is 4.70. The van der Waals surface area contributed by atoms with E-state index < -0.39 is 0 Å². The van der Waals surface area contributed by atoms with E-state index in [9.17, 15) is 4.79 Å². The Morgan fingerprint density at radius 3 is 3.09 bits per heavy atom. The molecule has 0 spiro atoms. The molecule has 1 aromatic rings. The van der Waals surface area contributed by atoms with Crippen molar-refractivity contribution in [3.05, 3.63) is 23.8 Å². The van der Waals surface area contributed by atoms with Gasteiger partial charge in [0.05, 0.1) is 13.0 Å². The van der Waals surface area contributed by atoms with E-state index in [2.05, 4.69) is 17.6 Å². The highest BCUT2D eigenvalue weighted by molar-refractivity contribution is 5.80. The number of methoxy groups -OCH3 is 1. The first-order chi connectivity index (χ1) is 10.7. The highest BCUT2D eigenvalue weighted by Gasteiger charge is 2.30. The van der Waals surface area contributed by atoms with E-state index in [1.54, 1.807) is 7.11 Å². The lowest BCUT2D eigenvalue weighted by Gasteiger charge is -2.32. The number of amides is 1. The highest BCUT2D eigenvalue weighted by atomic mass is 16.5. The molecule has 0 aliphatic carbocycles. The zero-order chi connectivity index (χ0) is 15.5. The van der Waals surface area contributed by atoms with Gasteiger partial charge in [-0.05, 0) is 49.1 Å². The minimum Gasteiger partial charge on any atom is -0.497 e. The van der Waals surface area contributed by atoms with Gasteiger partial charge in [0, 0.05) is 12.6 Å². The van der Waals surface area contributed by atoms with Crippen LogP contribution in [0.3, 0.4) is 0 Å². The number of hydrogen-bond donors (Lipinski definition) is 2. The summed E-state index contributed by atoms with van der Waals surface area (Å²) in [7, 11) is 1.65. The van der Waals surface area contributed by atoms with Gasteiger partial charge in [-0.3, -0.25) is 4.79 Å². The van der Waals surface area contributed by atoms with Crippen molar-refractivity contribution < 1.29 is 14.3 Å². The monoisotopic (exact) mass is 304 g/mol. The highest BCUT2D eigenvalue weighted by Crippen LogP contribution is 2.30. The topological polar surface area (TPSA) is 59.6 Å². The van der Waals surface area contributed by atoms with E-state index >= 15 is 0 Å². The van der Waals surface area contributed by atoms with E-state index in [1.165, 1.54) is 0 Å². The largest absolute Gasteiger partial charge is 0.497 e. The van der Waals surface area contributed by atoms with Crippen molar-refractivity contribution in [3.8, 4) is 11.5 Å². The van der Waals surface area contributed by atoms with Crippen LogP contribution < -0.4 is 20.1 Å². The van der Waals surface area contributed by atoms with Crippen molar-refractivity contribution in [1.82, 2.24) is 10.6 Å². The Labute approximate surface area is 131 Å². The van der Waals surface area contributed by atoms with Crippen molar-refractivity contribution in [2.75, 3.05) is 26.8 Å². The SMILES string of the molecule is COc1ccc2c(c1)CC(C(=O)NC1CNCCC1C)CO2. The van der Waals surface area contributed by atoms with Crippen LogP contribution in [-0.2, 0) is 11.2 Å². The van der Waals surface area contributed by atoms with Crippen LogP contribution in [-0.4, -0.2) is 38.8 Å². The van der Waals surface area contributed by atoms with Crippen molar-refractivity contribution >= 4 is 5.91 Å². The lowest BCUT2D eigenvalue weighted by Crippen LogP contribution is -2.52. The lowest BCUT2D eigenvalue weighted by atomic mass is 9.92. The fourth-order valence-electron chi connectivity index (χ4n) is 3.15. The average Bonchev–Trinajstić information content (AvgIpc) is 2.55. The first kappa shape index (κ1) is 15.2. The molecule has 1 fully saturated rings. The number of carbonyl (C=O) groups is 1. The summed E-state index contributed by atoms with van der Waals surface area (Å²) < 4.78 is 11.0. The molecule has 0 radical (unpaired) electrons. The maximum atomic E-state index is 12.5. The summed E-state index contributed by atoms with van der Waals surface area (Å²) in [5, 5.41) is 6.53. The van der Waals surface area contributed by atoms with Gasteiger partial charge in [-0.25, -0.2) is 0 Å². The predicted molar refractivity (Wildman–Crippen MR) is 84.3 cm³/mol. The summed E-state index contributed by atoms with van der Waals surface area (Å²) in [5.74, 6) is 2.14. The summed E-state index contributed by atoms with van der Waals surface area (Å²) in [4.78, 5) is 12.5. The molecule has 5 heteroatoms. The number of rotatable bonds is 3. The Kier molecular flexibility index (Phi) is 4.52. The van der Waals surface area contributed by atoms with Gasteiger partial charge in [-0.15, -0.1) is 0 Å². The Morgan fingerprint density at radius 2 is 2.32 bits per heavy atom. The Bertz CT molecular complexity index is 547. The molecule has 120 valence electrons. The van der Waals surface area contributed by atoms with Gasteiger partial charge >= 0.3 is 0 Å².